The second-order valence-corrected chi connectivity index (χ2v) is 6.50. The molecule has 0 bridgehead atoms. The third-order valence-electron chi connectivity index (χ3n) is 3.54. The first kappa shape index (κ1) is 19.2. The zero-order chi connectivity index (χ0) is 18.4. The molecule has 7 heteroatoms. The average molecular weight is 382 g/mol. The van der Waals surface area contributed by atoms with E-state index in [1.54, 1.807) is 37.4 Å². The highest BCUT2D eigenvalue weighted by Gasteiger charge is 2.10. The van der Waals surface area contributed by atoms with E-state index < -0.39 is 0 Å². The first-order chi connectivity index (χ1) is 11.9. The number of carbonyl (C=O) groups is 1. The number of hydrogen-bond acceptors (Lipinski definition) is 4. The fraction of sp³-hybridized carbons (Fsp3) is 0.278. The molecule has 0 saturated carbocycles. The zero-order valence-electron chi connectivity index (χ0n) is 14.4. The van der Waals surface area contributed by atoms with Gasteiger partial charge in [0.05, 0.1) is 24.2 Å². The Kier molecular flexibility index (Phi) is 6.79. The molecule has 0 fully saturated rings. The van der Waals surface area contributed by atoms with Gasteiger partial charge in [0.25, 0.3) is 0 Å². The van der Waals surface area contributed by atoms with Gasteiger partial charge in [0.1, 0.15) is 5.75 Å². The molecule has 134 valence electrons. The van der Waals surface area contributed by atoms with Gasteiger partial charge in [0.15, 0.2) is 0 Å². The smallest absolute Gasteiger partial charge is 0.226 e. The number of rotatable bonds is 7. The Morgan fingerprint density at radius 1 is 1.08 bits per heavy atom. The molecule has 0 radical (unpaired) electrons. The summed E-state index contributed by atoms with van der Waals surface area (Å²) in [5.74, 6) is 0.563. The number of halogens is 2. The largest absolute Gasteiger partial charge is 0.495 e. The van der Waals surface area contributed by atoms with Gasteiger partial charge < -0.3 is 20.3 Å². The van der Waals surface area contributed by atoms with Gasteiger partial charge in [-0.25, -0.2) is 0 Å². The quantitative estimate of drug-likeness (QED) is 0.740. The van der Waals surface area contributed by atoms with Gasteiger partial charge in [-0.05, 0) is 36.4 Å². The van der Waals surface area contributed by atoms with E-state index in [9.17, 15) is 4.79 Å². The van der Waals surface area contributed by atoms with Crippen molar-refractivity contribution in [2.24, 2.45) is 0 Å². The molecule has 2 aromatic rings. The third kappa shape index (κ3) is 5.44. The maximum absolute atomic E-state index is 12.2. The van der Waals surface area contributed by atoms with E-state index in [-0.39, 0.29) is 12.3 Å². The number of nitrogens with one attached hydrogen (secondary N) is 2. The Morgan fingerprint density at radius 3 is 2.36 bits per heavy atom. The van der Waals surface area contributed by atoms with Crippen LogP contribution in [0.25, 0.3) is 0 Å². The molecule has 5 nitrogen and oxygen atoms in total. The van der Waals surface area contributed by atoms with Crippen molar-refractivity contribution in [3.8, 4) is 5.75 Å². The summed E-state index contributed by atoms with van der Waals surface area (Å²) in [6.07, 6.45) is 0.287. The van der Waals surface area contributed by atoms with Gasteiger partial charge in [-0.3, -0.25) is 4.79 Å². The SMILES string of the molecule is COc1ccc(Cl)cc1NCCC(=O)Nc1cc(Cl)ccc1N(C)C. The number of methoxy groups -OCH3 is 1. The summed E-state index contributed by atoms with van der Waals surface area (Å²) in [5.41, 5.74) is 2.32. The van der Waals surface area contributed by atoms with Crippen molar-refractivity contribution >= 4 is 46.2 Å². The van der Waals surface area contributed by atoms with Crippen molar-refractivity contribution in [1.29, 1.82) is 0 Å². The zero-order valence-corrected chi connectivity index (χ0v) is 15.9. The highest BCUT2D eigenvalue weighted by molar-refractivity contribution is 6.31. The number of benzene rings is 2. The molecule has 2 aromatic carbocycles. The maximum Gasteiger partial charge on any atom is 0.226 e. The molecular weight excluding hydrogens is 361 g/mol. The number of nitrogens with zero attached hydrogens (tertiary/aromatic N) is 1. The topological polar surface area (TPSA) is 53.6 Å². The molecule has 2 N–H and O–H groups in total. The van der Waals surface area contributed by atoms with E-state index in [1.165, 1.54) is 0 Å². The summed E-state index contributed by atoms with van der Waals surface area (Å²) in [4.78, 5) is 14.2. The van der Waals surface area contributed by atoms with Crippen LogP contribution in [-0.4, -0.2) is 33.7 Å². The minimum atomic E-state index is -0.112. The van der Waals surface area contributed by atoms with Crippen LogP contribution in [0.3, 0.4) is 0 Å². The van der Waals surface area contributed by atoms with E-state index in [1.807, 2.05) is 25.1 Å². The van der Waals surface area contributed by atoms with Crippen LogP contribution in [0.1, 0.15) is 6.42 Å². The van der Waals surface area contributed by atoms with Crippen LogP contribution in [0.4, 0.5) is 17.1 Å². The minimum Gasteiger partial charge on any atom is -0.495 e. The second kappa shape index (κ2) is 8.83. The molecule has 0 saturated heterocycles. The van der Waals surface area contributed by atoms with Crippen molar-refractivity contribution in [3.05, 3.63) is 46.4 Å². The number of ether oxygens (including phenoxy) is 1. The fourth-order valence-electron chi connectivity index (χ4n) is 2.34. The second-order valence-electron chi connectivity index (χ2n) is 5.63. The summed E-state index contributed by atoms with van der Waals surface area (Å²) in [7, 11) is 5.40. The van der Waals surface area contributed by atoms with Crippen molar-refractivity contribution in [1.82, 2.24) is 0 Å². The number of amides is 1. The molecule has 1 amide bonds. The lowest BCUT2D eigenvalue weighted by atomic mass is 10.2. The lowest BCUT2D eigenvalue weighted by molar-refractivity contribution is -0.115. The molecule has 0 heterocycles. The van der Waals surface area contributed by atoms with Gasteiger partial charge >= 0.3 is 0 Å². The Balaban J connectivity index is 1.96. The highest BCUT2D eigenvalue weighted by atomic mass is 35.5. The van der Waals surface area contributed by atoms with Crippen LogP contribution in [0.2, 0.25) is 10.0 Å². The van der Waals surface area contributed by atoms with Crippen LogP contribution in [0.5, 0.6) is 5.75 Å². The van der Waals surface area contributed by atoms with Crippen LogP contribution in [0.15, 0.2) is 36.4 Å². The van der Waals surface area contributed by atoms with Crippen molar-refractivity contribution in [3.63, 3.8) is 0 Å². The number of carbonyl (C=O) groups excluding carboxylic acids is 1. The predicted molar refractivity (Wildman–Crippen MR) is 106 cm³/mol. The minimum absolute atomic E-state index is 0.112. The standard InChI is InChI=1S/C18H21Cl2N3O2/c1-23(2)16-6-4-12(19)10-14(16)22-18(24)8-9-21-15-11-13(20)5-7-17(15)25-3/h4-7,10-11,21H,8-9H2,1-3H3,(H,22,24). The Bertz CT molecular complexity index is 751. The summed E-state index contributed by atoms with van der Waals surface area (Å²) in [6, 6.07) is 10.7. The molecule has 0 aliphatic carbocycles. The monoisotopic (exact) mass is 381 g/mol. The van der Waals surface area contributed by atoms with Crippen LogP contribution in [0, 0.1) is 0 Å². The van der Waals surface area contributed by atoms with Crippen LogP contribution in [-0.2, 0) is 4.79 Å². The Labute approximate surface area is 157 Å². The molecule has 0 aliphatic rings. The lowest BCUT2D eigenvalue weighted by Crippen LogP contribution is -2.19. The molecule has 0 unspecified atom stereocenters. The number of anilines is 3. The Morgan fingerprint density at radius 2 is 1.72 bits per heavy atom. The van der Waals surface area contributed by atoms with Crippen LogP contribution < -0.4 is 20.3 Å². The first-order valence-corrected chi connectivity index (χ1v) is 8.50. The lowest BCUT2D eigenvalue weighted by Gasteiger charge is -2.18. The van der Waals surface area contributed by atoms with Gasteiger partial charge in [-0.2, -0.15) is 0 Å². The summed E-state index contributed by atoms with van der Waals surface area (Å²) < 4.78 is 5.27. The average Bonchev–Trinajstić information content (AvgIpc) is 2.54. The van der Waals surface area contributed by atoms with Gasteiger partial charge in [0, 0.05) is 37.1 Å². The van der Waals surface area contributed by atoms with E-state index in [0.29, 0.717) is 28.0 Å². The summed E-state index contributed by atoms with van der Waals surface area (Å²) in [6.45, 7) is 0.445. The molecule has 2 rings (SSSR count). The van der Waals surface area contributed by atoms with Gasteiger partial charge in [0.2, 0.25) is 5.91 Å². The highest BCUT2D eigenvalue weighted by Crippen LogP contribution is 2.29. The third-order valence-corrected chi connectivity index (χ3v) is 4.01. The normalized spacial score (nSPS) is 10.3. The summed E-state index contributed by atoms with van der Waals surface area (Å²) >= 11 is 12.0. The van der Waals surface area contributed by atoms with Gasteiger partial charge in [-0.1, -0.05) is 23.2 Å². The molecule has 0 aliphatic heterocycles. The Hall–Kier alpha value is -2.11. The van der Waals surface area contributed by atoms with E-state index in [4.69, 9.17) is 27.9 Å². The van der Waals surface area contributed by atoms with Crippen molar-refractivity contribution < 1.29 is 9.53 Å². The van der Waals surface area contributed by atoms with Gasteiger partial charge in [-0.15, -0.1) is 0 Å². The molecule has 25 heavy (non-hydrogen) atoms. The first-order valence-electron chi connectivity index (χ1n) is 7.75. The van der Waals surface area contributed by atoms with Crippen molar-refractivity contribution in [2.45, 2.75) is 6.42 Å². The van der Waals surface area contributed by atoms with E-state index in [0.717, 1.165) is 11.4 Å². The summed E-state index contributed by atoms with van der Waals surface area (Å²) in [5, 5.41) is 7.23. The fourth-order valence-corrected chi connectivity index (χ4v) is 2.68. The predicted octanol–water partition coefficient (Wildman–Crippen LogP) is 4.51. The molecular formula is C18H21Cl2N3O2. The molecule has 0 atom stereocenters. The molecule has 0 spiro atoms. The number of hydrogen-bond donors (Lipinski definition) is 2. The van der Waals surface area contributed by atoms with Crippen molar-refractivity contribution in [2.75, 3.05) is 43.3 Å². The van der Waals surface area contributed by atoms with E-state index >= 15 is 0 Å². The van der Waals surface area contributed by atoms with Crippen LogP contribution >= 0.6 is 23.2 Å². The maximum atomic E-state index is 12.2. The molecule has 0 aromatic heterocycles. The van der Waals surface area contributed by atoms with E-state index in [2.05, 4.69) is 10.6 Å².